The van der Waals surface area contributed by atoms with E-state index in [0.717, 1.165) is 30.2 Å². The maximum Gasteiger partial charge on any atom is 0.227 e. The number of hydrogen-bond acceptors (Lipinski definition) is 4. The van der Waals surface area contributed by atoms with Crippen LogP contribution in [0.25, 0.3) is 0 Å². The van der Waals surface area contributed by atoms with Gasteiger partial charge < -0.3 is 14.8 Å². The Morgan fingerprint density at radius 2 is 2.19 bits per heavy atom. The van der Waals surface area contributed by atoms with Crippen LogP contribution in [0.2, 0.25) is 0 Å². The van der Waals surface area contributed by atoms with E-state index >= 15 is 0 Å². The van der Waals surface area contributed by atoms with Crippen LogP contribution in [0.3, 0.4) is 0 Å². The summed E-state index contributed by atoms with van der Waals surface area (Å²) < 4.78 is 11.1. The van der Waals surface area contributed by atoms with Crippen molar-refractivity contribution < 1.29 is 14.3 Å². The molecule has 0 bridgehead atoms. The van der Waals surface area contributed by atoms with E-state index in [1.165, 1.54) is 19.3 Å². The number of methoxy groups -OCH3 is 1. The van der Waals surface area contributed by atoms with E-state index in [9.17, 15) is 4.79 Å². The van der Waals surface area contributed by atoms with Gasteiger partial charge in [0.2, 0.25) is 5.91 Å². The predicted octanol–water partition coefficient (Wildman–Crippen LogP) is 3.02. The molecule has 0 aliphatic carbocycles. The Morgan fingerprint density at radius 3 is 2.92 bits per heavy atom. The number of amides is 1. The van der Waals surface area contributed by atoms with E-state index in [1.54, 1.807) is 7.11 Å². The summed E-state index contributed by atoms with van der Waals surface area (Å²) in [6, 6.07) is 6.37. The van der Waals surface area contributed by atoms with Gasteiger partial charge in [-0.05, 0) is 70.3 Å². The molecule has 144 valence electrons. The van der Waals surface area contributed by atoms with Gasteiger partial charge in [0.15, 0.2) is 0 Å². The topological polar surface area (TPSA) is 50.8 Å². The molecule has 1 amide bonds. The van der Waals surface area contributed by atoms with Crippen molar-refractivity contribution in [3.8, 4) is 11.5 Å². The zero-order chi connectivity index (χ0) is 18.7. The normalized spacial score (nSPS) is 23.7. The Bertz CT molecular complexity index is 644. The fraction of sp³-hybridized carbons (Fsp3) is 0.667. The van der Waals surface area contributed by atoms with Crippen LogP contribution in [-0.2, 0) is 11.2 Å². The van der Waals surface area contributed by atoms with Gasteiger partial charge in [-0.1, -0.05) is 6.42 Å². The van der Waals surface area contributed by atoms with Gasteiger partial charge in [-0.2, -0.15) is 0 Å². The average Bonchev–Trinajstić information content (AvgIpc) is 2.62. The van der Waals surface area contributed by atoms with Crippen LogP contribution in [0.1, 0.15) is 45.6 Å². The van der Waals surface area contributed by atoms with Gasteiger partial charge >= 0.3 is 0 Å². The van der Waals surface area contributed by atoms with Crippen LogP contribution >= 0.6 is 0 Å². The summed E-state index contributed by atoms with van der Waals surface area (Å²) in [4.78, 5) is 15.4. The number of nitrogens with zero attached hydrogens (tertiary/aromatic N) is 1. The van der Waals surface area contributed by atoms with Crippen molar-refractivity contribution in [2.24, 2.45) is 5.92 Å². The van der Waals surface area contributed by atoms with Gasteiger partial charge in [-0.25, -0.2) is 0 Å². The Morgan fingerprint density at radius 1 is 1.38 bits per heavy atom. The molecule has 2 atom stereocenters. The van der Waals surface area contributed by atoms with Crippen LogP contribution in [0.4, 0.5) is 0 Å². The van der Waals surface area contributed by atoms with E-state index in [2.05, 4.69) is 31.0 Å². The molecule has 1 saturated heterocycles. The highest BCUT2D eigenvalue weighted by molar-refractivity contribution is 5.80. The number of rotatable bonds is 5. The number of benzene rings is 1. The quantitative estimate of drug-likeness (QED) is 0.877. The first-order chi connectivity index (χ1) is 12.4. The highest BCUT2D eigenvalue weighted by Gasteiger charge is 2.32. The number of nitrogens with one attached hydrogen (secondary N) is 1. The number of carbonyl (C=O) groups excluding carboxylic acids is 1. The Labute approximate surface area is 157 Å². The van der Waals surface area contributed by atoms with Crippen LogP contribution in [-0.4, -0.2) is 49.2 Å². The molecule has 2 aliphatic rings. The molecule has 26 heavy (non-hydrogen) atoms. The van der Waals surface area contributed by atoms with Gasteiger partial charge in [0.1, 0.15) is 18.1 Å². The minimum absolute atomic E-state index is 0.0770. The molecular weight excluding hydrogens is 328 g/mol. The first-order valence-electron chi connectivity index (χ1n) is 9.74. The summed E-state index contributed by atoms with van der Waals surface area (Å²) in [5, 5.41) is 3.26. The SMILES string of the molecule is COc1ccc2c(c1)CC(C(=O)NC(C)(C)CN1CCCCC1C)CO2. The second-order valence-electron chi connectivity index (χ2n) is 8.37. The molecule has 1 aromatic rings. The largest absolute Gasteiger partial charge is 0.497 e. The molecule has 1 fully saturated rings. The van der Waals surface area contributed by atoms with Crippen molar-refractivity contribution in [2.75, 3.05) is 26.8 Å². The summed E-state index contributed by atoms with van der Waals surface area (Å²) in [7, 11) is 1.65. The number of carbonyl (C=O) groups is 1. The van der Waals surface area contributed by atoms with Crippen LogP contribution < -0.4 is 14.8 Å². The lowest BCUT2D eigenvalue weighted by Gasteiger charge is -2.40. The van der Waals surface area contributed by atoms with Crippen LogP contribution in [0, 0.1) is 5.92 Å². The predicted molar refractivity (Wildman–Crippen MR) is 103 cm³/mol. The van der Waals surface area contributed by atoms with Gasteiger partial charge in [-0.3, -0.25) is 9.69 Å². The van der Waals surface area contributed by atoms with Crippen LogP contribution in [0.5, 0.6) is 11.5 Å². The van der Waals surface area contributed by atoms with E-state index in [4.69, 9.17) is 9.47 Å². The van der Waals surface area contributed by atoms with Crippen molar-refractivity contribution in [3.05, 3.63) is 23.8 Å². The second kappa shape index (κ2) is 7.87. The first-order valence-corrected chi connectivity index (χ1v) is 9.74. The van der Waals surface area contributed by atoms with Crippen molar-refractivity contribution in [3.63, 3.8) is 0 Å². The molecule has 0 spiro atoms. The summed E-state index contributed by atoms with van der Waals surface area (Å²) >= 11 is 0. The molecule has 1 aromatic carbocycles. The third-order valence-corrected chi connectivity index (χ3v) is 5.55. The molecule has 0 aromatic heterocycles. The highest BCUT2D eigenvalue weighted by Crippen LogP contribution is 2.31. The lowest BCUT2D eigenvalue weighted by Crippen LogP contribution is -2.56. The van der Waals surface area contributed by atoms with Crippen molar-refractivity contribution in [2.45, 2.75) is 58.0 Å². The van der Waals surface area contributed by atoms with Gasteiger partial charge in [0.25, 0.3) is 0 Å². The summed E-state index contributed by atoms with van der Waals surface area (Å²) in [6.45, 7) is 8.97. The molecule has 2 unspecified atom stereocenters. The monoisotopic (exact) mass is 360 g/mol. The van der Waals surface area contributed by atoms with Crippen molar-refractivity contribution in [1.82, 2.24) is 10.2 Å². The molecule has 2 heterocycles. The third kappa shape index (κ3) is 4.50. The lowest BCUT2D eigenvalue weighted by atomic mass is 9.93. The van der Waals surface area contributed by atoms with E-state index in [1.807, 2.05) is 18.2 Å². The number of ether oxygens (including phenoxy) is 2. The fourth-order valence-electron chi connectivity index (χ4n) is 4.04. The van der Waals surface area contributed by atoms with Crippen molar-refractivity contribution >= 4 is 5.91 Å². The molecule has 2 aliphatic heterocycles. The Hall–Kier alpha value is -1.75. The number of hydrogen-bond donors (Lipinski definition) is 1. The first kappa shape index (κ1) is 19.0. The Balaban J connectivity index is 1.60. The second-order valence-corrected chi connectivity index (χ2v) is 8.37. The lowest BCUT2D eigenvalue weighted by molar-refractivity contribution is -0.128. The van der Waals surface area contributed by atoms with Gasteiger partial charge in [0, 0.05) is 18.1 Å². The number of piperidine rings is 1. The number of likely N-dealkylation sites (tertiary alicyclic amines) is 1. The molecule has 3 rings (SSSR count). The maximum atomic E-state index is 12.9. The third-order valence-electron chi connectivity index (χ3n) is 5.55. The Kier molecular flexibility index (Phi) is 5.76. The average molecular weight is 360 g/mol. The van der Waals surface area contributed by atoms with E-state index < -0.39 is 0 Å². The zero-order valence-electron chi connectivity index (χ0n) is 16.5. The smallest absolute Gasteiger partial charge is 0.227 e. The standard InChI is InChI=1S/C21H32N2O3/c1-15-7-5-6-10-23(15)14-21(2,3)22-20(24)17-11-16-12-18(25-4)8-9-19(16)26-13-17/h8-9,12,15,17H,5-7,10-11,13-14H2,1-4H3,(H,22,24). The molecule has 1 N–H and O–H groups in total. The summed E-state index contributed by atoms with van der Waals surface area (Å²) in [6.07, 6.45) is 4.50. The molecular formula is C21H32N2O3. The maximum absolute atomic E-state index is 12.9. The summed E-state index contributed by atoms with van der Waals surface area (Å²) in [5.74, 6) is 1.57. The zero-order valence-corrected chi connectivity index (χ0v) is 16.5. The minimum Gasteiger partial charge on any atom is -0.497 e. The minimum atomic E-state index is -0.253. The summed E-state index contributed by atoms with van der Waals surface area (Å²) in [5.41, 5.74) is 0.787. The van der Waals surface area contributed by atoms with Gasteiger partial charge in [0.05, 0.1) is 13.0 Å². The fourth-order valence-corrected chi connectivity index (χ4v) is 4.04. The van der Waals surface area contributed by atoms with E-state index in [0.29, 0.717) is 19.1 Å². The number of fused-ring (bicyclic) bond motifs is 1. The molecule has 0 saturated carbocycles. The highest BCUT2D eigenvalue weighted by atomic mass is 16.5. The molecule has 5 nitrogen and oxygen atoms in total. The molecule has 0 radical (unpaired) electrons. The van der Waals surface area contributed by atoms with E-state index in [-0.39, 0.29) is 17.4 Å². The van der Waals surface area contributed by atoms with Crippen molar-refractivity contribution in [1.29, 1.82) is 0 Å². The van der Waals surface area contributed by atoms with Gasteiger partial charge in [-0.15, -0.1) is 0 Å². The van der Waals surface area contributed by atoms with Crippen LogP contribution in [0.15, 0.2) is 18.2 Å². The molecule has 5 heteroatoms.